The van der Waals surface area contributed by atoms with Gasteiger partial charge in [-0.15, -0.1) is 0 Å². The maximum atomic E-state index is 13.6. The molecule has 36 heavy (non-hydrogen) atoms. The molecule has 1 amide bonds. The Hall–Kier alpha value is -2.91. The van der Waals surface area contributed by atoms with Crippen LogP contribution in [0.15, 0.2) is 39.9 Å². The molecule has 2 aromatic rings. The fraction of sp³-hybridized carbons (Fsp3) is 0.593. The Morgan fingerprint density at radius 3 is 2.53 bits per heavy atom. The van der Waals surface area contributed by atoms with E-state index in [1.165, 1.54) is 15.0 Å². The first kappa shape index (κ1) is 27.7. The summed E-state index contributed by atoms with van der Waals surface area (Å²) >= 11 is 0. The molecule has 0 spiro atoms. The van der Waals surface area contributed by atoms with E-state index in [2.05, 4.69) is 52.9 Å². The number of hydrogen-bond acceptors (Lipinski definition) is 6. The van der Waals surface area contributed by atoms with Crippen molar-refractivity contribution in [3.05, 3.63) is 56.7 Å². The Labute approximate surface area is 213 Å². The number of benzene rings is 1. The third kappa shape index (κ3) is 6.25. The average Bonchev–Trinajstić information content (AvgIpc) is 3.37. The van der Waals surface area contributed by atoms with Crippen LogP contribution in [0.1, 0.15) is 65.0 Å². The van der Waals surface area contributed by atoms with Gasteiger partial charge in [0.25, 0.3) is 5.56 Å². The van der Waals surface area contributed by atoms with Crippen LogP contribution in [0.4, 0.5) is 11.5 Å². The maximum absolute atomic E-state index is 13.6. The van der Waals surface area contributed by atoms with Crippen molar-refractivity contribution in [2.24, 2.45) is 0 Å². The summed E-state index contributed by atoms with van der Waals surface area (Å²) in [7, 11) is 0. The largest absolute Gasteiger partial charge is 0.383 e. The van der Waals surface area contributed by atoms with Crippen molar-refractivity contribution in [3.63, 3.8) is 0 Å². The molecule has 198 valence electrons. The number of unbranched alkanes of at least 4 members (excludes halogenated alkanes) is 1. The Morgan fingerprint density at radius 2 is 1.89 bits per heavy atom. The van der Waals surface area contributed by atoms with E-state index < -0.39 is 11.2 Å². The van der Waals surface area contributed by atoms with E-state index in [0.29, 0.717) is 25.6 Å². The lowest BCUT2D eigenvalue weighted by Crippen LogP contribution is -2.48. The minimum Gasteiger partial charge on any atom is -0.383 e. The van der Waals surface area contributed by atoms with E-state index in [-0.39, 0.29) is 30.0 Å². The number of aromatic amines is 1. The number of nitrogen functional groups attached to an aromatic ring is 1. The smallest absolute Gasteiger partial charge is 0.330 e. The van der Waals surface area contributed by atoms with E-state index in [9.17, 15) is 14.4 Å². The number of nitrogens with zero attached hydrogens (tertiary/aromatic N) is 4. The van der Waals surface area contributed by atoms with Crippen molar-refractivity contribution < 1.29 is 4.79 Å². The molecule has 0 aliphatic carbocycles. The summed E-state index contributed by atoms with van der Waals surface area (Å²) in [5.41, 5.74) is 6.53. The zero-order chi connectivity index (χ0) is 26.2. The number of anilines is 2. The topological polar surface area (TPSA) is 108 Å². The molecule has 0 radical (unpaired) electrons. The second-order valence-electron chi connectivity index (χ2n) is 9.63. The predicted molar refractivity (Wildman–Crippen MR) is 145 cm³/mol. The van der Waals surface area contributed by atoms with E-state index in [1.54, 1.807) is 0 Å². The number of nitrogens with two attached hydrogens (primary N) is 1. The van der Waals surface area contributed by atoms with Crippen LogP contribution in [-0.2, 0) is 11.3 Å². The minimum absolute atomic E-state index is 0.0572. The minimum atomic E-state index is -0.610. The Balaban J connectivity index is 1.79. The third-order valence-corrected chi connectivity index (χ3v) is 7.25. The molecule has 9 nitrogen and oxygen atoms in total. The Kier molecular flexibility index (Phi) is 9.89. The summed E-state index contributed by atoms with van der Waals surface area (Å²) in [4.78, 5) is 47.3. The van der Waals surface area contributed by atoms with Crippen molar-refractivity contribution in [2.75, 3.05) is 43.4 Å². The van der Waals surface area contributed by atoms with Gasteiger partial charge in [0.05, 0.1) is 6.54 Å². The number of aromatic nitrogens is 2. The van der Waals surface area contributed by atoms with Gasteiger partial charge in [0.15, 0.2) is 5.69 Å². The van der Waals surface area contributed by atoms with Gasteiger partial charge < -0.3 is 10.6 Å². The highest BCUT2D eigenvalue weighted by Gasteiger charge is 2.32. The molecule has 1 aliphatic rings. The standard InChI is InChI=1S/C27H42N6O3/c1-5-8-16-32(24-25(28)33(15-6-2)27(36)29-26(24)35)23(34)19-30(7-3)22-14-17-31(18-22)20(4)21-12-10-9-11-13-21/h9-13,20,22H,5-8,14-19,28H2,1-4H3,(H,29,35,36). The van der Waals surface area contributed by atoms with E-state index in [0.717, 1.165) is 38.9 Å². The number of likely N-dealkylation sites (tertiary alicyclic amines) is 1. The number of carbonyl (C=O) groups excluding carboxylic acids is 1. The molecule has 1 aromatic heterocycles. The molecule has 0 saturated carbocycles. The van der Waals surface area contributed by atoms with E-state index >= 15 is 0 Å². The SMILES string of the molecule is CCCCN(C(=O)CN(CC)C1CCN(C(C)c2ccccc2)C1)c1c(N)n(CCC)c(=O)[nH]c1=O. The molecule has 1 fully saturated rings. The van der Waals surface area contributed by atoms with Crippen molar-refractivity contribution in [2.45, 2.75) is 72.0 Å². The second-order valence-corrected chi connectivity index (χ2v) is 9.63. The first-order valence-electron chi connectivity index (χ1n) is 13.3. The maximum Gasteiger partial charge on any atom is 0.330 e. The number of nitrogens with one attached hydrogen (secondary N) is 1. The summed E-state index contributed by atoms with van der Waals surface area (Å²) in [6.45, 7) is 11.8. The number of amides is 1. The zero-order valence-electron chi connectivity index (χ0n) is 22.2. The molecule has 2 unspecified atom stereocenters. The van der Waals surface area contributed by atoms with Gasteiger partial charge in [-0.05, 0) is 38.3 Å². The van der Waals surface area contributed by atoms with Gasteiger partial charge in [-0.25, -0.2) is 4.79 Å². The summed E-state index contributed by atoms with van der Waals surface area (Å²) in [6, 6.07) is 11.0. The van der Waals surface area contributed by atoms with Gasteiger partial charge in [0.2, 0.25) is 5.91 Å². The van der Waals surface area contributed by atoms with Gasteiger partial charge in [0.1, 0.15) is 5.82 Å². The number of H-pyrrole nitrogens is 1. The highest BCUT2D eigenvalue weighted by atomic mass is 16.2. The lowest BCUT2D eigenvalue weighted by Gasteiger charge is -2.31. The molecule has 2 heterocycles. The zero-order valence-corrected chi connectivity index (χ0v) is 22.2. The Morgan fingerprint density at radius 1 is 1.17 bits per heavy atom. The van der Waals surface area contributed by atoms with Crippen LogP contribution in [0.5, 0.6) is 0 Å². The number of carbonyl (C=O) groups is 1. The van der Waals surface area contributed by atoms with E-state index in [1.807, 2.05) is 19.9 Å². The molecule has 3 N–H and O–H groups in total. The molecule has 3 rings (SSSR count). The number of hydrogen-bond donors (Lipinski definition) is 2. The average molecular weight is 499 g/mol. The molecular formula is C27H42N6O3. The monoisotopic (exact) mass is 498 g/mol. The van der Waals surface area contributed by atoms with Gasteiger partial charge in [0, 0.05) is 38.3 Å². The lowest BCUT2D eigenvalue weighted by molar-refractivity contribution is -0.120. The van der Waals surface area contributed by atoms with E-state index in [4.69, 9.17) is 5.73 Å². The van der Waals surface area contributed by atoms with Crippen LogP contribution in [0.2, 0.25) is 0 Å². The number of likely N-dealkylation sites (N-methyl/N-ethyl adjacent to an activating group) is 1. The molecular weight excluding hydrogens is 456 g/mol. The first-order chi connectivity index (χ1) is 17.3. The van der Waals surface area contributed by atoms with Crippen molar-refractivity contribution in [3.8, 4) is 0 Å². The molecule has 1 aromatic carbocycles. The van der Waals surface area contributed by atoms with Crippen molar-refractivity contribution >= 4 is 17.4 Å². The van der Waals surface area contributed by atoms with Crippen molar-refractivity contribution in [1.82, 2.24) is 19.4 Å². The van der Waals surface area contributed by atoms with Gasteiger partial charge in [-0.3, -0.25) is 28.9 Å². The van der Waals surface area contributed by atoms with Crippen LogP contribution in [-0.4, -0.2) is 64.0 Å². The fourth-order valence-corrected chi connectivity index (χ4v) is 5.08. The fourth-order valence-electron chi connectivity index (χ4n) is 5.08. The molecule has 1 aliphatic heterocycles. The first-order valence-corrected chi connectivity index (χ1v) is 13.3. The normalized spacial score (nSPS) is 17.0. The molecule has 2 atom stereocenters. The van der Waals surface area contributed by atoms with Crippen LogP contribution >= 0.6 is 0 Å². The van der Waals surface area contributed by atoms with Crippen LogP contribution in [0, 0.1) is 0 Å². The molecule has 0 bridgehead atoms. The molecule has 1 saturated heterocycles. The van der Waals surface area contributed by atoms with Crippen molar-refractivity contribution in [1.29, 1.82) is 0 Å². The highest BCUT2D eigenvalue weighted by Crippen LogP contribution is 2.27. The van der Waals surface area contributed by atoms with Gasteiger partial charge in [-0.2, -0.15) is 0 Å². The lowest BCUT2D eigenvalue weighted by atomic mass is 10.1. The number of rotatable bonds is 12. The summed E-state index contributed by atoms with van der Waals surface area (Å²) in [5, 5.41) is 0. The predicted octanol–water partition coefficient (Wildman–Crippen LogP) is 2.82. The van der Waals surface area contributed by atoms with Crippen LogP contribution < -0.4 is 21.9 Å². The van der Waals surface area contributed by atoms with Crippen LogP contribution in [0.25, 0.3) is 0 Å². The third-order valence-electron chi connectivity index (χ3n) is 7.25. The quantitative estimate of drug-likeness (QED) is 0.466. The second kappa shape index (κ2) is 12.9. The van der Waals surface area contributed by atoms with Crippen LogP contribution in [0.3, 0.4) is 0 Å². The summed E-state index contributed by atoms with van der Waals surface area (Å²) in [6.07, 6.45) is 3.26. The van der Waals surface area contributed by atoms with Gasteiger partial charge >= 0.3 is 5.69 Å². The summed E-state index contributed by atoms with van der Waals surface area (Å²) < 4.78 is 1.35. The Bertz CT molecular complexity index is 1110. The van der Waals surface area contributed by atoms with Gasteiger partial charge in [-0.1, -0.05) is 57.5 Å². The highest BCUT2D eigenvalue weighted by molar-refractivity contribution is 5.96. The molecule has 9 heteroatoms. The summed E-state index contributed by atoms with van der Waals surface area (Å²) in [5.74, 6) is -0.111.